The van der Waals surface area contributed by atoms with Gasteiger partial charge < -0.3 is 5.32 Å². The number of hydrogen-bond acceptors (Lipinski definition) is 2. The summed E-state index contributed by atoms with van der Waals surface area (Å²) in [6.07, 6.45) is 0. The fourth-order valence-electron chi connectivity index (χ4n) is 1.24. The average Bonchev–Trinajstić information content (AvgIpc) is 2.17. The van der Waals surface area contributed by atoms with E-state index in [2.05, 4.69) is 38.2 Å². The first-order valence-electron chi connectivity index (χ1n) is 5.28. The lowest BCUT2D eigenvalue weighted by atomic mass is 10.2. The van der Waals surface area contributed by atoms with Gasteiger partial charge in [-0.05, 0) is 23.4 Å². The van der Waals surface area contributed by atoms with Crippen molar-refractivity contribution < 1.29 is 0 Å². The number of halogens is 1. The molecular formula is C12H18ClNS. The maximum absolute atomic E-state index is 6.20. The van der Waals surface area contributed by atoms with Crippen LogP contribution in [0.3, 0.4) is 0 Å². The van der Waals surface area contributed by atoms with E-state index >= 15 is 0 Å². The van der Waals surface area contributed by atoms with Gasteiger partial charge in [0, 0.05) is 22.5 Å². The summed E-state index contributed by atoms with van der Waals surface area (Å²) >= 11 is 8.01. The first-order chi connectivity index (χ1) is 7.13. The van der Waals surface area contributed by atoms with Crippen LogP contribution >= 0.6 is 23.4 Å². The van der Waals surface area contributed by atoms with Gasteiger partial charge in [-0.2, -0.15) is 0 Å². The third kappa shape index (κ3) is 4.45. The number of thioether (sulfide) groups is 1. The first kappa shape index (κ1) is 12.9. The van der Waals surface area contributed by atoms with Gasteiger partial charge in [-0.15, -0.1) is 11.8 Å². The maximum Gasteiger partial charge on any atom is 0.0462 e. The molecule has 0 saturated heterocycles. The molecule has 0 saturated carbocycles. The highest BCUT2D eigenvalue weighted by Gasteiger charge is 2.02. The van der Waals surface area contributed by atoms with Crippen molar-refractivity contribution in [3.05, 3.63) is 28.8 Å². The summed E-state index contributed by atoms with van der Waals surface area (Å²) < 4.78 is 0. The number of nitrogens with one attached hydrogen (secondary N) is 1. The zero-order valence-electron chi connectivity index (χ0n) is 9.51. The molecule has 3 heteroatoms. The highest BCUT2D eigenvalue weighted by molar-refractivity contribution is 7.99. The Kier molecular flexibility index (Phi) is 5.51. The van der Waals surface area contributed by atoms with Crippen LogP contribution in [0.5, 0.6) is 0 Å². The summed E-state index contributed by atoms with van der Waals surface area (Å²) in [5.74, 6) is 1.08. The van der Waals surface area contributed by atoms with E-state index in [9.17, 15) is 0 Å². The normalized spacial score (nSPS) is 11.0. The zero-order valence-corrected chi connectivity index (χ0v) is 11.1. The summed E-state index contributed by atoms with van der Waals surface area (Å²) in [5, 5.41) is 4.23. The molecule has 0 aliphatic carbocycles. The van der Waals surface area contributed by atoms with E-state index in [0.717, 1.165) is 17.3 Å². The topological polar surface area (TPSA) is 12.0 Å². The minimum atomic E-state index is 0.491. The van der Waals surface area contributed by atoms with E-state index < -0.39 is 0 Å². The van der Waals surface area contributed by atoms with Gasteiger partial charge in [0.2, 0.25) is 0 Å². The summed E-state index contributed by atoms with van der Waals surface area (Å²) in [6, 6.07) is 6.78. The Bertz CT molecular complexity index is 312. The van der Waals surface area contributed by atoms with Crippen LogP contribution in [0.2, 0.25) is 5.02 Å². The van der Waals surface area contributed by atoms with Crippen LogP contribution in [-0.4, -0.2) is 11.8 Å². The Hall–Kier alpha value is -0.180. The largest absolute Gasteiger partial charge is 0.310 e. The lowest BCUT2D eigenvalue weighted by molar-refractivity contribution is 0.589. The van der Waals surface area contributed by atoms with Gasteiger partial charge >= 0.3 is 0 Å². The van der Waals surface area contributed by atoms with Crippen molar-refractivity contribution in [3.8, 4) is 0 Å². The van der Waals surface area contributed by atoms with Crippen LogP contribution in [0.1, 0.15) is 26.3 Å². The molecule has 0 unspecified atom stereocenters. The van der Waals surface area contributed by atoms with Crippen molar-refractivity contribution >= 4 is 23.4 Å². The fraction of sp³-hybridized carbons (Fsp3) is 0.500. The summed E-state index contributed by atoms with van der Waals surface area (Å²) in [7, 11) is 0. The second-order valence-corrected chi connectivity index (χ2v) is 5.47. The molecule has 0 aliphatic heterocycles. The summed E-state index contributed by atoms with van der Waals surface area (Å²) in [6.45, 7) is 7.25. The average molecular weight is 244 g/mol. The van der Waals surface area contributed by atoms with Gasteiger partial charge in [-0.25, -0.2) is 0 Å². The van der Waals surface area contributed by atoms with Gasteiger partial charge in [0.1, 0.15) is 0 Å². The van der Waals surface area contributed by atoms with Crippen LogP contribution in [0.25, 0.3) is 0 Å². The Balaban J connectivity index is 2.66. The fourth-order valence-corrected chi connectivity index (χ4v) is 2.25. The van der Waals surface area contributed by atoms with Crippen molar-refractivity contribution in [2.45, 2.75) is 38.3 Å². The van der Waals surface area contributed by atoms with E-state index in [1.54, 1.807) is 0 Å². The van der Waals surface area contributed by atoms with Gasteiger partial charge in [-0.3, -0.25) is 0 Å². The summed E-state index contributed by atoms with van der Waals surface area (Å²) in [4.78, 5) is 1.25. The minimum absolute atomic E-state index is 0.491. The van der Waals surface area contributed by atoms with E-state index in [0.29, 0.717) is 6.04 Å². The molecule has 0 amide bonds. The molecule has 1 nitrogen and oxygen atoms in total. The number of rotatable bonds is 5. The molecule has 0 heterocycles. The maximum atomic E-state index is 6.20. The van der Waals surface area contributed by atoms with Gasteiger partial charge in [0.15, 0.2) is 0 Å². The SMILES string of the molecule is CCSc1ccc(CNC(C)C)c(Cl)c1. The molecule has 1 N–H and O–H groups in total. The third-order valence-corrected chi connectivity index (χ3v) is 3.26. The smallest absolute Gasteiger partial charge is 0.0462 e. The molecule has 0 aromatic heterocycles. The lowest BCUT2D eigenvalue weighted by Crippen LogP contribution is -2.21. The van der Waals surface area contributed by atoms with Crippen molar-refractivity contribution in [1.29, 1.82) is 0 Å². The Labute approximate surface area is 102 Å². The van der Waals surface area contributed by atoms with E-state index in [4.69, 9.17) is 11.6 Å². The van der Waals surface area contributed by atoms with Crippen LogP contribution in [0.15, 0.2) is 23.1 Å². The number of benzene rings is 1. The molecule has 0 spiro atoms. The van der Waals surface area contributed by atoms with E-state index in [1.807, 2.05) is 17.8 Å². The Morgan fingerprint density at radius 2 is 2.13 bits per heavy atom. The monoisotopic (exact) mass is 243 g/mol. The highest BCUT2D eigenvalue weighted by atomic mass is 35.5. The number of hydrogen-bond donors (Lipinski definition) is 1. The molecular weight excluding hydrogens is 226 g/mol. The first-order valence-corrected chi connectivity index (χ1v) is 6.64. The van der Waals surface area contributed by atoms with Gasteiger partial charge in [0.25, 0.3) is 0 Å². The van der Waals surface area contributed by atoms with Crippen molar-refractivity contribution in [3.63, 3.8) is 0 Å². The molecule has 1 rings (SSSR count). The van der Waals surface area contributed by atoms with Crippen LogP contribution in [0.4, 0.5) is 0 Å². The van der Waals surface area contributed by atoms with Crippen molar-refractivity contribution in [2.24, 2.45) is 0 Å². The molecule has 1 aromatic rings. The Morgan fingerprint density at radius 1 is 1.40 bits per heavy atom. The predicted molar refractivity (Wildman–Crippen MR) is 69.8 cm³/mol. The quantitative estimate of drug-likeness (QED) is 0.786. The molecule has 0 atom stereocenters. The van der Waals surface area contributed by atoms with E-state index in [1.165, 1.54) is 10.5 Å². The predicted octanol–water partition coefficient (Wildman–Crippen LogP) is 3.95. The molecule has 84 valence electrons. The van der Waals surface area contributed by atoms with Crippen LogP contribution < -0.4 is 5.32 Å². The minimum Gasteiger partial charge on any atom is -0.310 e. The molecule has 0 fully saturated rings. The second kappa shape index (κ2) is 6.41. The highest BCUT2D eigenvalue weighted by Crippen LogP contribution is 2.24. The van der Waals surface area contributed by atoms with Crippen LogP contribution in [0, 0.1) is 0 Å². The standard InChI is InChI=1S/C12H18ClNS/c1-4-15-11-6-5-10(12(13)7-11)8-14-9(2)3/h5-7,9,14H,4,8H2,1-3H3. The van der Waals surface area contributed by atoms with Crippen molar-refractivity contribution in [1.82, 2.24) is 5.32 Å². The lowest BCUT2D eigenvalue weighted by Gasteiger charge is -2.10. The molecule has 0 radical (unpaired) electrons. The molecule has 15 heavy (non-hydrogen) atoms. The molecule has 1 aromatic carbocycles. The van der Waals surface area contributed by atoms with Crippen molar-refractivity contribution in [2.75, 3.05) is 5.75 Å². The van der Waals surface area contributed by atoms with E-state index in [-0.39, 0.29) is 0 Å². The molecule has 0 aliphatic rings. The third-order valence-electron chi connectivity index (χ3n) is 2.04. The Morgan fingerprint density at radius 3 is 2.67 bits per heavy atom. The van der Waals surface area contributed by atoms with Gasteiger partial charge in [-0.1, -0.05) is 38.4 Å². The second-order valence-electron chi connectivity index (χ2n) is 3.72. The zero-order chi connectivity index (χ0) is 11.3. The molecule has 0 bridgehead atoms. The van der Waals surface area contributed by atoms with Gasteiger partial charge in [0.05, 0.1) is 0 Å². The van der Waals surface area contributed by atoms with Crippen LogP contribution in [-0.2, 0) is 6.54 Å². The summed E-state index contributed by atoms with van der Waals surface area (Å²) in [5.41, 5.74) is 1.17.